The van der Waals surface area contributed by atoms with E-state index in [-0.39, 0.29) is 23.5 Å². The number of nitrogens with one attached hydrogen (secondary N) is 4. The van der Waals surface area contributed by atoms with Crippen LogP contribution in [-0.2, 0) is 11.3 Å². The van der Waals surface area contributed by atoms with Crippen LogP contribution in [0.4, 0.5) is 11.6 Å². The van der Waals surface area contributed by atoms with Gasteiger partial charge in [0, 0.05) is 11.3 Å². The zero-order valence-corrected chi connectivity index (χ0v) is 16.6. The molecule has 0 aliphatic rings. The number of nitrogen functional groups attached to an aromatic ring is 1. The summed E-state index contributed by atoms with van der Waals surface area (Å²) in [6, 6.07) is 5.59. The Kier molecular flexibility index (Phi) is 6.47. The quantitative estimate of drug-likeness (QED) is 0.253. The zero-order chi connectivity index (χ0) is 21.7. The molecule has 1 aromatic carbocycles. The number of H-pyrrole nitrogens is 1. The fraction of sp³-hybridized carbons (Fsp3) is 0.222. The third-order valence-electron chi connectivity index (χ3n) is 4.16. The number of amides is 1. The van der Waals surface area contributed by atoms with Gasteiger partial charge in [-0.15, -0.1) is 0 Å². The lowest BCUT2D eigenvalue weighted by Gasteiger charge is -2.13. The highest BCUT2D eigenvalue weighted by Gasteiger charge is 2.19. The van der Waals surface area contributed by atoms with Crippen LogP contribution in [0.25, 0.3) is 11.2 Å². The van der Waals surface area contributed by atoms with Crippen LogP contribution in [0.3, 0.4) is 0 Å². The van der Waals surface area contributed by atoms with Crippen LogP contribution >= 0.6 is 12.6 Å². The van der Waals surface area contributed by atoms with Gasteiger partial charge in [0.15, 0.2) is 16.7 Å². The van der Waals surface area contributed by atoms with E-state index in [0.29, 0.717) is 29.1 Å². The molecule has 11 nitrogen and oxygen atoms in total. The van der Waals surface area contributed by atoms with Crippen molar-refractivity contribution in [3.8, 4) is 0 Å². The van der Waals surface area contributed by atoms with Crippen molar-refractivity contribution in [1.82, 2.24) is 25.3 Å². The number of aromatic nitrogens is 4. The largest absolute Gasteiger partial charge is 0.480 e. The second kappa shape index (κ2) is 9.22. The van der Waals surface area contributed by atoms with Crippen molar-refractivity contribution in [1.29, 1.82) is 5.41 Å². The molecule has 1 amide bonds. The Balaban J connectivity index is 1.64. The summed E-state index contributed by atoms with van der Waals surface area (Å²) in [5.74, 6) is -1.13. The topological polar surface area (TPSA) is 183 Å². The second-order valence-corrected chi connectivity index (χ2v) is 6.79. The highest BCUT2D eigenvalue weighted by Crippen LogP contribution is 2.12. The molecule has 2 heterocycles. The number of fused-ring (bicyclic) bond motifs is 1. The molecule has 1 unspecified atom stereocenters. The molecule has 0 radical (unpaired) electrons. The number of carbonyl (C=O) groups is 2. The Morgan fingerprint density at radius 3 is 2.67 bits per heavy atom. The highest BCUT2D eigenvalue weighted by atomic mass is 32.1. The normalized spacial score (nSPS) is 11.8. The lowest BCUT2D eigenvalue weighted by atomic mass is 10.1. The SMILES string of the molecule is N=c1[nH]c(N)nc2ncc(CNc3ccc(C(=O)NC(CCS)C(=O)O)cc3)nc12. The van der Waals surface area contributed by atoms with Crippen molar-refractivity contribution in [2.45, 2.75) is 19.0 Å². The molecule has 2 aromatic heterocycles. The Morgan fingerprint density at radius 1 is 1.27 bits per heavy atom. The van der Waals surface area contributed by atoms with E-state index in [1.807, 2.05) is 0 Å². The van der Waals surface area contributed by atoms with Crippen LogP contribution in [0.15, 0.2) is 30.5 Å². The lowest BCUT2D eigenvalue weighted by Crippen LogP contribution is -2.41. The van der Waals surface area contributed by atoms with Crippen molar-refractivity contribution in [3.63, 3.8) is 0 Å². The number of nitrogens with two attached hydrogens (primary N) is 1. The number of aromatic amines is 1. The number of anilines is 2. The first-order chi connectivity index (χ1) is 14.4. The average Bonchev–Trinajstić information content (AvgIpc) is 2.72. The first kappa shape index (κ1) is 21.0. The Labute approximate surface area is 176 Å². The van der Waals surface area contributed by atoms with Crippen LogP contribution in [0.2, 0.25) is 0 Å². The van der Waals surface area contributed by atoms with E-state index in [1.54, 1.807) is 24.3 Å². The van der Waals surface area contributed by atoms with E-state index >= 15 is 0 Å². The number of aliphatic carboxylic acids is 1. The van der Waals surface area contributed by atoms with Gasteiger partial charge < -0.3 is 26.5 Å². The summed E-state index contributed by atoms with van der Waals surface area (Å²) in [4.78, 5) is 38.5. The van der Waals surface area contributed by atoms with Gasteiger partial charge >= 0.3 is 5.97 Å². The maximum Gasteiger partial charge on any atom is 0.326 e. The number of hydrogen-bond donors (Lipinski definition) is 7. The second-order valence-electron chi connectivity index (χ2n) is 6.34. The minimum Gasteiger partial charge on any atom is -0.480 e. The highest BCUT2D eigenvalue weighted by molar-refractivity contribution is 7.80. The van der Waals surface area contributed by atoms with Gasteiger partial charge in [0.25, 0.3) is 5.91 Å². The van der Waals surface area contributed by atoms with E-state index in [2.05, 4.69) is 43.2 Å². The maximum absolute atomic E-state index is 12.2. The minimum atomic E-state index is -1.10. The van der Waals surface area contributed by atoms with Crippen LogP contribution in [0.5, 0.6) is 0 Å². The summed E-state index contributed by atoms with van der Waals surface area (Å²) < 4.78 is 0. The Morgan fingerprint density at radius 2 is 2.00 bits per heavy atom. The van der Waals surface area contributed by atoms with Gasteiger partial charge in [-0.3, -0.25) is 10.2 Å². The Bertz CT molecular complexity index is 1130. The fourth-order valence-electron chi connectivity index (χ4n) is 2.64. The molecule has 0 fully saturated rings. The number of nitrogens with zero attached hydrogens (tertiary/aromatic N) is 3. The summed E-state index contributed by atoms with van der Waals surface area (Å²) in [5, 5.41) is 22.6. The summed E-state index contributed by atoms with van der Waals surface area (Å²) in [6.45, 7) is 0.335. The van der Waals surface area contributed by atoms with Crippen molar-refractivity contribution in [2.24, 2.45) is 0 Å². The summed E-state index contributed by atoms with van der Waals surface area (Å²) >= 11 is 4.01. The lowest BCUT2D eigenvalue weighted by molar-refractivity contribution is -0.139. The van der Waals surface area contributed by atoms with Crippen LogP contribution < -0.4 is 21.9 Å². The molecule has 0 saturated carbocycles. The fourth-order valence-corrected chi connectivity index (χ4v) is 2.90. The van der Waals surface area contributed by atoms with E-state index < -0.39 is 17.9 Å². The van der Waals surface area contributed by atoms with E-state index in [4.69, 9.17) is 16.2 Å². The number of carboxylic acid groups (broad SMARTS) is 1. The van der Waals surface area contributed by atoms with Gasteiger partial charge in [0.2, 0.25) is 5.95 Å². The van der Waals surface area contributed by atoms with Crippen molar-refractivity contribution in [3.05, 3.63) is 47.2 Å². The number of thiol groups is 1. The molecule has 0 saturated heterocycles. The first-order valence-electron chi connectivity index (χ1n) is 8.92. The monoisotopic (exact) mass is 428 g/mol. The molecular formula is C18H20N8O3S. The molecule has 0 aliphatic heterocycles. The van der Waals surface area contributed by atoms with Crippen molar-refractivity contribution >= 4 is 47.3 Å². The average molecular weight is 428 g/mol. The van der Waals surface area contributed by atoms with Crippen LogP contribution in [0.1, 0.15) is 22.5 Å². The minimum absolute atomic E-state index is 0.0276. The molecule has 3 aromatic rings. The molecule has 1 atom stereocenters. The summed E-state index contributed by atoms with van der Waals surface area (Å²) in [7, 11) is 0. The first-order valence-corrected chi connectivity index (χ1v) is 9.55. The maximum atomic E-state index is 12.2. The van der Waals surface area contributed by atoms with Gasteiger partial charge in [-0.1, -0.05) is 0 Å². The predicted molar refractivity (Wildman–Crippen MR) is 113 cm³/mol. The third kappa shape index (κ3) is 5.03. The number of carbonyl (C=O) groups excluding carboxylic acids is 1. The van der Waals surface area contributed by atoms with E-state index in [9.17, 15) is 9.59 Å². The molecule has 7 N–H and O–H groups in total. The predicted octanol–water partition coefficient (Wildman–Crippen LogP) is 0.530. The van der Waals surface area contributed by atoms with E-state index in [1.165, 1.54) is 6.20 Å². The summed E-state index contributed by atoms with van der Waals surface area (Å²) in [6.07, 6.45) is 1.77. The number of benzene rings is 1. The molecule has 12 heteroatoms. The smallest absolute Gasteiger partial charge is 0.326 e. The number of rotatable bonds is 8. The molecule has 3 rings (SSSR count). The summed E-state index contributed by atoms with van der Waals surface area (Å²) in [5.41, 5.74) is 7.84. The van der Waals surface area contributed by atoms with Crippen molar-refractivity contribution < 1.29 is 14.7 Å². The Hall–Kier alpha value is -3.67. The van der Waals surface area contributed by atoms with Gasteiger partial charge in [-0.2, -0.15) is 17.6 Å². The van der Waals surface area contributed by atoms with Gasteiger partial charge in [0.1, 0.15) is 6.04 Å². The van der Waals surface area contributed by atoms with Gasteiger partial charge in [-0.05, 0) is 36.4 Å². The third-order valence-corrected chi connectivity index (χ3v) is 4.42. The number of hydrogen-bond acceptors (Lipinski definition) is 9. The van der Waals surface area contributed by atoms with Gasteiger partial charge in [-0.25, -0.2) is 14.8 Å². The molecule has 0 aliphatic carbocycles. The molecule has 30 heavy (non-hydrogen) atoms. The van der Waals surface area contributed by atoms with Crippen molar-refractivity contribution in [2.75, 3.05) is 16.8 Å². The molecule has 156 valence electrons. The van der Waals surface area contributed by atoms with Crippen LogP contribution in [-0.4, -0.2) is 48.7 Å². The zero-order valence-electron chi connectivity index (χ0n) is 15.7. The molecular weight excluding hydrogens is 408 g/mol. The standard InChI is InChI=1S/C18H20N8O3S/c19-14-13-15(26-18(20)25-14)22-8-11(23-13)7-21-10-3-1-9(2-4-10)16(27)24-12(5-6-30)17(28)29/h1-4,8,12,21,30H,5-7H2,(H,24,27)(H,28,29)(H4,19,20,22,25,26). The molecule has 0 bridgehead atoms. The van der Waals surface area contributed by atoms with E-state index in [0.717, 1.165) is 5.69 Å². The van der Waals surface area contributed by atoms with Gasteiger partial charge in [0.05, 0.1) is 18.4 Å². The number of carboxylic acids is 1. The van der Waals surface area contributed by atoms with Crippen LogP contribution in [0, 0.1) is 5.41 Å². The molecule has 0 spiro atoms.